The summed E-state index contributed by atoms with van der Waals surface area (Å²) in [5.41, 5.74) is 0. The molecule has 0 fully saturated rings. The van der Waals surface area contributed by atoms with Crippen LogP contribution in [0.4, 0.5) is 0 Å². The van der Waals surface area contributed by atoms with E-state index in [0.29, 0.717) is 11.0 Å². The summed E-state index contributed by atoms with van der Waals surface area (Å²) < 4.78 is 1.84. The molecule has 7 heteroatoms. The predicted octanol–water partition coefficient (Wildman–Crippen LogP) is 1.31. The fourth-order valence-corrected chi connectivity index (χ4v) is 2.41. The molecule has 1 heterocycles. The molecule has 0 saturated heterocycles. The van der Waals surface area contributed by atoms with E-state index in [4.69, 9.17) is 5.11 Å². The lowest BCUT2D eigenvalue weighted by molar-refractivity contribution is -0.133. The van der Waals surface area contributed by atoms with Crippen LogP contribution < -0.4 is 0 Å². The maximum absolute atomic E-state index is 10.5. The van der Waals surface area contributed by atoms with Crippen LogP contribution >= 0.6 is 11.8 Å². The number of hydrogen-bond donors (Lipinski definition) is 2. The molecule has 0 aliphatic rings. The number of carboxylic acid groups (broad SMARTS) is 1. The minimum atomic E-state index is -0.889. The zero-order valence-corrected chi connectivity index (χ0v) is 10.8. The summed E-state index contributed by atoms with van der Waals surface area (Å²) in [5, 5.41) is 26.2. The van der Waals surface area contributed by atoms with Gasteiger partial charge in [0.05, 0.1) is 5.75 Å². The van der Waals surface area contributed by atoms with Crippen molar-refractivity contribution in [3.63, 3.8) is 0 Å². The lowest BCUT2D eigenvalue weighted by Crippen LogP contribution is -2.13. The number of aliphatic hydroxyl groups excluding tert-OH is 1. The Morgan fingerprint density at radius 2 is 2.06 bits per heavy atom. The molecule has 0 amide bonds. The molecule has 0 radical (unpaired) electrons. The summed E-state index contributed by atoms with van der Waals surface area (Å²) in [6.45, 7) is 3.90. The van der Waals surface area contributed by atoms with Gasteiger partial charge in [-0.2, -0.15) is 0 Å². The molecular formula is C10H17N3O3S. The maximum atomic E-state index is 10.5. The predicted molar refractivity (Wildman–Crippen MR) is 63.9 cm³/mol. The molecule has 96 valence electrons. The van der Waals surface area contributed by atoms with Crippen molar-refractivity contribution in [2.45, 2.75) is 44.5 Å². The van der Waals surface area contributed by atoms with Crippen LogP contribution in [0.2, 0.25) is 0 Å². The molecule has 1 aromatic rings. The summed E-state index contributed by atoms with van der Waals surface area (Å²) in [6.07, 6.45) is 1.78. The molecule has 0 bridgehead atoms. The Balaban J connectivity index is 2.96. The fraction of sp³-hybridized carbons (Fsp3) is 0.700. The molecule has 6 nitrogen and oxygen atoms in total. The molecule has 2 N–H and O–H groups in total. The van der Waals surface area contributed by atoms with Crippen molar-refractivity contribution in [2.75, 3.05) is 5.75 Å². The first-order chi connectivity index (χ1) is 8.13. The summed E-state index contributed by atoms with van der Waals surface area (Å²) >= 11 is 1.13. The molecule has 0 aliphatic heterocycles. The van der Waals surface area contributed by atoms with Gasteiger partial charge in [0.1, 0.15) is 6.61 Å². The van der Waals surface area contributed by atoms with E-state index in [-0.39, 0.29) is 18.4 Å². The molecule has 1 aromatic heterocycles. The van der Waals surface area contributed by atoms with Crippen LogP contribution in [0.3, 0.4) is 0 Å². The van der Waals surface area contributed by atoms with Gasteiger partial charge in [-0.15, -0.1) is 10.2 Å². The molecule has 0 unspecified atom stereocenters. The molecular weight excluding hydrogens is 242 g/mol. The van der Waals surface area contributed by atoms with Gasteiger partial charge < -0.3 is 14.8 Å². The Labute approximate surface area is 104 Å². The number of carboxylic acids is 1. The smallest absolute Gasteiger partial charge is 0.313 e. The molecule has 0 saturated carbocycles. The van der Waals surface area contributed by atoms with E-state index in [1.165, 1.54) is 0 Å². The van der Waals surface area contributed by atoms with Crippen molar-refractivity contribution in [3.05, 3.63) is 5.82 Å². The van der Waals surface area contributed by atoms with Gasteiger partial charge in [-0.1, -0.05) is 25.6 Å². The lowest BCUT2D eigenvalue weighted by atomic mass is 10.2. The van der Waals surface area contributed by atoms with Gasteiger partial charge in [-0.3, -0.25) is 4.79 Å². The van der Waals surface area contributed by atoms with Crippen LogP contribution in [0.25, 0.3) is 0 Å². The first-order valence-corrected chi connectivity index (χ1v) is 6.51. The van der Waals surface area contributed by atoms with Gasteiger partial charge in [-0.25, -0.2) is 0 Å². The Morgan fingerprint density at radius 3 is 2.53 bits per heavy atom. The molecule has 0 aromatic carbocycles. The van der Waals surface area contributed by atoms with Gasteiger partial charge in [0.25, 0.3) is 0 Å². The minimum Gasteiger partial charge on any atom is -0.481 e. The van der Waals surface area contributed by atoms with E-state index in [1.54, 1.807) is 0 Å². The number of hydrogen-bond acceptors (Lipinski definition) is 5. The summed E-state index contributed by atoms with van der Waals surface area (Å²) in [4.78, 5) is 10.5. The summed E-state index contributed by atoms with van der Waals surface area (Å²) in [7, 11) is 0. The topological polar surface area (TPSA) is 88.2 Å². The molecule has 17 heavy (non-hydrogen) atoms. The molecule has 0 spiro atoms. The van der Waals surface area contributed by atoms with Gasteiger partial charge in [0.2, 0.25) is 0 Å². The van der Waals surface area contributed by atoms with Gasteiger partial charge in [0.15, 0.2) is 11.0 Å². The number of aliphatic hydroxyl groups is 1. The first-order valence-electron chi connectivity index (χ1n) is 5.53. The largest absolute Gasteiger partial charge is 0.481 e. The molecule has 1 rings (SSSR count). The summed E-state index contributed by atoms with van der Waals surface area (Å²) in [6, 6.07) is 0.198. The van der Waals surface area contributed by atoms with Gasteiger partial charge in [0, 0.05) is 6.04 Å². The highest BCUT2D eigenvalue weighted by Crippen LogP contribution is 2.25. The van der Waals surface area contributed by atoms with Gasteiger partial charge in [-0.05, 0) is 12.8 Å². The Hall–Kier alpha value is -1.08. The average molecular weight is 259 g/mol. The Morgan fingerprint density at radius 1 is 1.41 bits per heavy atom. The lowest BCUT2D eigenvalue weighted by Gasteiger charge is -2.18. The second-order valence-electron chi connectivity index (χ2n) is 3.58. The van der Waals surface area contributed by atoms with Gasteiger partial charge >= 0.3 is 5.97 Å². The zero-order valence-electron chi connectivity index (χ0n) is 9.96. The Kier molecular flexibility index (Phi) is 5.43. The normalized spacial score (nSPS) is 11.1. The first kappa shape index (κ1) is 14.0. The standard InChI is InChI=1S/C10H17N3O3S/c1-3-7(4-2)13-8(5-14)11-12-10(13)17-6-9(15)16/h7,14H,3-6H2,1-2H3,(H,15,16). The van der Waals surface area contributed by atoms with Crippen LogP contribution in [-0.2, 0) is 11.4 Å². The zero-order chi connectivity index (χ0) is 12.8. The van der Waals surface area contributed by atoms with Crippen LogP contribution in [0.15, 0.2) is 5.16 Å². The monoisotopic (exact) mass is 259 g/mol. The van der Waals surface area contributed by atoms with Crippen LogP contribution in [0.1, 0.15) is 38.6 Å². The number of rotatable bonds is 7. The van der Waals surface area contributed by atoms with Crippen molar-refractivity contribution < 1.29 is 15.0 Å². The van der Waals surface area contributed by atoms with E-state index in [0.717, 1.165) is 24.6 Å². The van der Waals surface area contributed by atoms with E-state index < -0.39 is 5.97 Å². The second kappa shape index (κ2) is 6.61. The van der Waals surface area contributed by atoms with Crippen molar-refractivity contribution >= 4 is 17.7 Å². The third-order valence-electron chi connectivity index (χ3n) is 2.51. The highest BCUT2D eigenvalue weighted by molar-refractivity contribution is 7.99. The van der Waals surface area contributed by atoms with E-state index >= 15 is 0 Å². The molecule has 0 atom stereocenters. The van der Waals surface area contributed by atoms with Crippen molar-refractivity contribution in [1.29, 1.82) is 0 Å². The third-order valence-corrected chi connectivity index (χ3v) is 3.44. The van der Waals surface area contributed by atoms with Crippen LogP contribution in [-0.4, -0.2) is 36.7 Å². The highest BCUT2D eigenvalue weighted by atomic mass is 32.2. The van der Waals surface area contributed by atoms with Crippen molar-refractivity contribution in [2.24, 2.45) is 0 Å². The maximum Gasteiger partial charge on any atom is 0.313 e. The van der Waals surface area contributed by atoms with Crippen LogP contribution in [0, 0.1) is 0 Å². The number of aromatic nitrogens is 3. The van der Waals surface area contributed by atoms with E-state index in [9.17, 15) is 9.90 Å². The molecule has 0 aliphatic carbocycles. The van der Waals surface area contributed by atoms with E-state index in [1.807, 2.05) is 18.4 Å². The van der Waals surface area contributed by atoms with Crippen molar-refractivity contribution in [3.8, 4) is 0 Å². The Bertz CT molecular complexity index is 377. The van der Waals surface area contributed by atoms with Crippen LogP contribution in [0.5, 0.6) is 0 Å². The quantitative estimate of drug-likeness (QED) is 0.718. The number of aliphatic carboxylic acids is 1. The number of thioether (sulfide) groups is 1. The fourth-order valence-electron chi connectivity index (χ4n) is 1.66. The van der Waals surface area contributed by atoms with E-state index in [2.05, 4.69) is 10.2 Å². The number of carbonyl (C=O) groups is 1. The van der Waals surface area contributed by atoms with Crippen molar-refractivity contribution in [1.82, 2.24) is 14.8 Å². The SMILES string of the molecule is CCC(CC)n1c(CO)nnc1SCC(=O)O. The second-order valence-corrected chi connectivity index (χ2v) is 4.52. The summed E-state index contributed by atoms with van der Waals surface area (Å²) in [5.74, 6) is -0.449. The average Bonchev–Trinajstić information content (AvgIpc) is 2.71. The number of nitrogens with zero attached hydrogens (tertiary/aromatic N) is 3. The minimum absolute atomic E-state index is 0.0519. The highest BCUT2D eigenvalue weighted by Gasteiger charge is 2.18. The third kappa shape index (κ3) is 3.44.